The van der Waals surface area contributed by atoms with Crippen LogP contribution in [0.1, 0.15) is 39.3 Å². The van der Waals surface area contributed by atoms with E-state index >= 15 is 0 Å². The topological polar surface area (TPSA) is 59.0 Å². The molecule has 144 valence electrons. The van der Waals surface area contributed by atoms with Crippen molar-refractivity contribution in [3.05, 3.63) is 41.1 Å². The van der Waals surface area contributed by atoms with Crippen molar-refractivity contribution in [1.29, 1.82) is 0 Å². The summed E-state index contributed by atoms with van der Waals surface area (Å²) in [6, 6.07) is 7.47. The highest BCUT2D eigenvalue weighted by Crippen LogP contribution is 2.43. The molecule has 0 saturated carbocycles. The maximum absolute atomic E-state index is 12.9. The minimum absolute atomic E-state index is 0.0284. The van der Waals surface area contributed by atoms with Crippen molar-refractivity contribution in [2.45, 2.75) is 43.9 Å². The van der Waals surface area contributed by atoms with Crippen LogP contribution >= 0.6 is 23.5 Å². The van der Waals surface area contributed by atoms with Gasteiger partial charge in [-0.05, 0) is 43.7 Å². The Kier molecular flexibility index (Phi) is 6.01. The molecule has 2 heterocycles. The fourth-order valence-corrected chi connectivity index (χ4v) is 4.52. The van der Waals surface area contributed by atoms with Crippen LogP contribution in [0.25, 0.3) is 0 Å². The van der Waals surface area contributed by atoms with Crippen LogP contribution < -0.4 is 0 Å². The number of benzene rings is 1. The molecule has 1 aromatic carbocycles. The molecule has 1 amide bonds. The highest BCUT2D eigenvalue weighted by atomic mass is 32.2. The number of esters is 1. The number of ether oxygens (including phenoxy) is 1. The molecule has 0 N–H and O–H groups in total. The summed E-state index contributed by atoms with van der Waals surface area (Å²) in [5.41, 5.74) is 1.95. The number of hydrogen-bond acceptors (Lipinski definition) is 6. The Balaban J connectivity index is 2.05. The average Bonchev–Trinajstić information content (AvgIpc) is 2.92. The van der Waals surface area contributed by atoms with Crippen LogP contribution in [0.2, 0.25) is 0 Å². The van der Waals surface area contributed by atoms with Crippen molar-refractivity contribution < 1.29 is 14.3 Å². The predicted molar refractivity (Wildman–Crippen MR) is 111 cm³/mol. The first-order chi connectivity index (χ1) is 12.8. The second kappa shape index (κ2) is 8.10. The van der Waals surface area contributed by atoms with E-state index in [1.807, 2.05) is 58.2 Å². The van der Waals surface area contributed by atoms with Gasteiger partial charge in [0, 0.05) is 4.90 Å². The van der Waals surface area contributed by atoms with Crippen LogP contribution in [0.5, 0.6) is 0 Å². The summed E-state index contributed by atoms with van der Waals surface area (Å²) < 4.78 is 5.51. The molecule has 0 unspecified atom stereocenters. The normalized spacial score (nSPS) is 22.2. The second-order valence-electron chi connectivity index (χ2n) is 7.03. The molecule has 0 radical (unpaired) electrons. The third kappa shape index (κ3) is 3.94. The Morgan fingerprint density at radius 2 is 2.00 bits per heavy atom. The standard InChI is InChI=1S/C20H24N2O3S2/c1-11(2)10-25-19(24)16-12(3)21-20-22(18(23)13(4)27-20)17(16)14-6-8-15(26-5)9-7-14/h6-9,11,13,17H,10H2,1-5H3/t13-,17-/m1/s1. The number of carbonyl (C=O) groups excluding carboxylic acids is 2. The maximum Gasteiger partial charge on any atom is 0.338 e. The van der Waals surface area contributed by atoms with Gasteiger partial charge in [-0.1, -0.05) is 37.7 Å². The largest absolute Gasteiger partial charge is 0.462 e. The zero-order chi connectivity index (χ0) is 19.7. The third-order valence-electron chi connectivity index (χ3n) is 4.46. The number of nitrogens with zero attached hydrogens (tertiary/aromatic N) is 2. The molecule has 0 aliphatic carbocycles. The van der Waals surface area contributed by atoms with Crippen molar-refractivity contribution in [2.75, 3.05) is 12.9 Å². The number of thioether (sulfide) groups is 2. The molecule has 2 atom stereocenters. The Morgan fingerprint density at radius 1 is 1.33 bits per heavy atom. The lowest BCUT2D eigenvalue weighted by Gasteiger charge is -2.33. The van der Waals surface area contributed by atoms with Crippen LogP contribution in [0.15, 0.2) is 45.4 Å². The van der Waals surface area contributed by atoms with Crippen molar-refractivity contribution >= 4 is 40.6 Å². The van der Waals surface area contributed by atoms with Gasteiger partial charge in [0.15, 0.2) is 5.17 Å². The number of carbonyl (C=O) groups is 2. The maximum atomic E-state index is 12.9. The van der Waals surface area contributed by atoms with E-state index < -0.39 is 12.0 Å². The van der Waals surface area contributed by atoms with Crippen molar-refractivity contribution in [1.82, 2.24) is 4.90 Å². The van der Waals surface area contributed by atoms with E-state index in [0.29, 0.717) is 23.0 Å². The van der Waals surface area contributed by atoms with Gasteiger partial charge >= 0.3 is 5.97 Å². The number of amidine groups is 1. The summed E-state index contributed by atoms with van der Waals surface area (Å²) in [5, 5.41) is 0.444. The van der Waals surface area contributed by atoms with Gasteiger partial charge in [0.1, 0.15) is 0 Å². The van der Waals surface area contributed by atoms with Crippen LogP contribution in [-0.4, -0.2) is 40.1 Å². The molecule has 1 aromatic rings. The van der Waals surface area contributed by atoms with Gasteiger partial charge in [-0.3, -0.25) is 9.69 Å². The summed E-state index contributed by atoms with van der Waals surface area (Å²) in [6.45, 7) is 8.00. The summed E-state index contributed by atoms with van der Waals surface area (Å²) in [5.74, 6) is -0.194. The van der Waals surface area contributed by atoms with Crippen LogP contribution in [-0.2, 0) is 14.3 Å². The van der Waals surface area contributed by atoms with Gasteiger partial charge in [-0.15, -0.1) is 11.8 Å². The van der Waals surface area contributed by atoms with Gasteiger partial charge in [-0.25, -0.2) is 9.79 Å². The fraction of sp³-hybridized carbons (Fsp3) is 0.450. The van der Waals surface area contributed by atoms with Gasteiger partial charge in [0.2, 0.25) is 5.91 Å². The van der Waals surface area contributed by atoms with Crippen LogP contribution in [0.4, 0.5) is 0 Å². The molecular formula is C20H24N2O3S2. The Morgan fingerprint density at radius 3 is 2.59 bits per heavy atom. The quantitative estimate of drug-likeness (QED) is 0.542. The lowest BCUT2D eigenvalue weighted by atomic mass is 9.94. The molecule has 5 nitrogen and oxygen atoms in total. The predicted octanol–water partition coefficient (Wildman–Crippen LogP) is 4.26. The van der Waals surface area contributed by atoms with E-state index in [2.05, 4.69) is 4.99 Å². The first kappa shape index (κ1) is 20.0. The fourth-order valence-electron chi connectivity index (χ4n) is 3.09. The number of hydrogen-bond donors (Lipinski definition) is 0. The van der Waals surface area contributed by atoms with E-state index in [1.165, 1.54) is 11.8 Å². The lowest BCUT2D eigenvalue weighted by Crippen LogP contribution is -2.40. The van der Waals surface area contributed by atoms with Crippen LogP contribution in [0.3, 0.4) is 0 Å². The number of allylic oxidation sites excluding steroid dienone is 1. The zero-order valence-electron chi connectivity index (χ0n) is 16.2. The molecule has 1 saturated heterocycles. The molecule has 2 aliphatic heterocycles. The van der Waals surface area contributed by atoms with Gasteiger partial charge in [-0.2, -0.15) is 0 Å². The molecule has 0 aromatic heterocycles. The molecule has 0 bridgehead atoms. The van der Waals surface area contributed by atoms with E-state index in [-0.39, 0.29) is 17.1 Å². The number of aliphatic imine (C=N–C) groups is 1. The molecule has 2 aliphatic rings. The minimum Gasteiger partial charge on any atom is -0.462 e. The Hall–Kier alpha value is -1.73. The molecule has 27 heavy (non-hydrogen) atoms. The molecule has 0 spiro atoms. The Bertz CT molecular complexity index is 815. The van der Waals surface area contributed by atoms with E-state index in [1.54, 1.807) is 16.7 Å². The SMILES string of the molecule is CSc1ccc([C@@H]2C(C(=O)OCC(C)C)=C(C)N=C3S[C@H](C)C(=O)N32)cc1. The number of fused-ring (bicyclic) bond motifs is 1. The van der Waals surface area contributed by atoms with Crippen LogP contribution in [0, 0.1) is 5.92 Å². The monoisotopic (exact) mass is 404 g/mol. The highest BCUT2D eigenvalue weighted by molar-refractivity contribution is 8.15. The zero-order valence-corrected chi connectivity index (χ0v) is 17.8. The first-order valence-electron chi connectivity index (χ1n) is 8.93. The number of rotatable bonds is 5. The lowest BCUT2D eigenvalue weighted by molar-refractivity contribution is -0.141. The molecule has 1 fully saturated rings. The van der Waals surface area contributed by atoms with E-state index in [0.717, 1.165) is 10.5 Å². The van der Waals surface area contributed by atoms with E-state index in [9.17, 15) is 9.59 Å². The minimum atomic E-state index is -0.502. The average molecular weight is 405 g/mol. The second-order valence-corrected chi connectivity index (χ2v) is 9.22. The van der Waals surface area contributed by atoms with Gasteiger partial charge < -0.3 is 4.74 Å². The summed E-state index contributed by atoms with van der Waals surface area (Å²) >= 11 is 3.09. The number of amides is 1. The smallest absolute Gasteiger partial charge is 0.338 e. The summed E-state index contributed by atoms with van der Waals surface area (Å²) in [7, 11) is 0. The highest BCUT2D eigenvalue weighted by Gasteiger charge is 2.46. The first-order valence-corrected chi connectivity index (χ1v) is 11.0. The molecule has 3 rings (SSSR count). The molecular weight excluding hydrogens is 380 g/mol. The molecule has 7 heteroatoms. The summed E-state index contributed by atoms with van der Waals surface area (Å²) in [6.07, 6.45) is 2.02. The van der Waals surface area contributed by atoms with E-state index in [4.69, 9.17) is 4.74 Å². The van der Waals surface area contributed by atoms with Gasteiger partial charge in [0.05, 0.1) is 29.2 Å². The van der Waals surface area contributed by atoms with Crippen molar-refractivity contribution in [3.63, 3.8) is 0 Å². The van der Waals surface area contributed by atoms with Gasteiger partial charge in [0.25, 0.3) is 0 Å². The van der Waals surface area contributed by atoms with Crippen molar-refractivity contribution in [3.8, 4) is 0 Å². The Labute approximate surface area is 168 Å². The van der Waals surface area contributed by atoms with Crippen molar-refractivity contribution in [2.24, 2.45) is 10.9 Å². The third-order valence-corrected chi connectivity index (χ3v) is 6.26. The summed E-state index contributed by atoms with van der Waals surface area (Å²) in [4.78, 5) is 33.1.